The molecule has 0 atom stereocenters. The van der Waals surface area contributed by atoms with Crippen LogP contribution in [0.3, 0.4) is 0 Å². The maximum atomic E-state index is 12.1. The second-order valence-electron chi connectivity index (χ2n) is 5.43. The number of aromatic amines is 1. The third-order valence-electron chi connectivity index (χ3n) is 3.96. The molecule has 2 heterocycles. The van der Waals surface area contributed by atoms with Crippen molar-refractivity contribution < 1.29 is 4.79 Å². The molecule has 22 heavy (non-hydrogen) atoms. The fourth-order valence-corrected chi connectivity index (χ4v) is 2.83. The van der Waals surface area contributed by atoms with Crippen LogP contribution in [-0.4, -0.2) is 21.8 Å². The van der Waals surface area contributed by atoms with Gasteiger partial charge in [0.1, 0.15) is 0 Å². The predicted octanol–water partition coefficient (Wildman–Crippen LogP) is 2.72. The molecule has 0 unspecified atom stereocenters. The van der Waals surface area contributed by atoms with Gasteiger partial charge in [-0.15, -0.1) is 0 Å². The van der Waals surface area contributed by atoms with Crippen LogP contribution < -0.4 is 5.32 Å². The van der Waals surface area contributed by atoms with E-state index in [-0.39, 0.29) is 5.91 Å². The second kappa shape index (κ2) is 4.80. The van der Waals surface area contributed by atoms with Crippen molar-refractivity contribution >= 4 is 29.0 Å². The molecule has 0 saturated carbocycles. The Balaban J connectivity index is 1.70. The monoisotopic (exact) mass is 290 g/mol. The van der Waals surface area contributed by atoms with Crippen LogP contribution >= 0.6 is 0 Å². The van der Waals surface area contributed by atoms with Crippen molar-refractivity contribution in [3.8, 4) is 0 Å². The van der Waals surface area contributed by atoms with Gasteiger partial charge in [-0.3, -0.25) is 14.9 Å². The van der Waals surface area contributed by atoms with Crippen LogP contribution in [0.25, 0.3) is 11.6 Å². The summed E-state index contributed by atoms with van der Waals surface area (Å²) >= 11 is 0. The lowest BCUT2D eigenvalue weighted by atomic mass is 10.0. The van der Waals surface area contributed by atoms with E-state index in [9.17, 15) is 4.79 Å². The van der Waals surface area contributed by atoms with E-state index in [4.69, 9.17) is 0 Å². The number of allylic oxidation sites excluding steroid dienone is 1. The molecule has 1 aliphatic heterocycles. The number of benzene rings is 1. The van der Waals surface area contributed by atoms with Gasteiger partial charge in [0.25, 0.3) is 5.91 Å². The van der Waals surface area contributed by atoms with E-state index in [2.05, 4.69) is 20.5 Å². The molecule has 0 fully saturated rings. The van der Waals surface area contributed by atoms with Crippen molar-refractivity contribution in [2.45, 2.75) is 13.3 Å². The number of carbonyl (C=O) groups is 1. The lowest BCUT2D eigenvalue weighted by molar-refractivity contribution is -0.110. The molecule has 2 aliphatic rings. The topological polar surface area (TPSA) is 70.1 Å². The molecule has 0 saturated heterocycles. The first-order chi connectivity index (χ1) is 10.7. The number of aryl methyl sites for hydroxylation is 1. The van der Waals surface area contributed by atoms with Crippen LogP contribution in [0.1, 0.15) is 22.4 Å². The average Bonchev–Trinajstić information content (AvgIpc) is 3.09. The van der Waals surface area contributed by atoms with Gasteiger partial charge >= 0.3 is 0 Å². The van der Waals surface area contributed by atoms with Crippen molar-refractivity contribution in [3.63, 3.8) is 0 Å². The minimum Gasteiger partial charge on any atom is -0.321 e. The molecule has 2 aromatic rings. The van der Waals surface area contributed by atoms with Gasteiger partial charge in [0.2, 0.25) is 0 Å². The van der Waals surface area contributed by atoms with E-state index in [0.29, 0.717) is 12.0 Å². The summed E-state index contributed by atoms with van der Waals surface area (Å²) < 4.78 is 0. The second-order valence-corrected chi connectivity index (χ2v) is 5.43. The number of fused-ring (bicyclic) bond motifs is 2. The molecule has 1 aliphatic carbocycles. The SMILES string of the molecule is Cc1cccc2c1C(=CN=C1C=Cc3cn[nH]c3C1)C(=O)N2. The standard InChI is InChI=1S/C17H14N4O/c1-10-3-2-4-14-16(10)13(17(22)20-14)9-18-12-6-5-11-8-19-21-15(11)7-12/h2-6,8-9H,7H2,1H3,(H,19,21)(H,20,22). The smallest absolute Gasteiger partial charge is 0.257 e. The first-order valence-electron chi connectivity index (χ1n) is 7.11. The highest BCUT2D eigenvalue weighted by Crippen LogP contribution is 2.34. The summed E-state index contributed by atoms with van der Waals surface area (Å²) in [5.41, 5.74) is 6.52. The number of nitrogens with one attached hydrogen (secondary N) is 2. The van der Waals surface area contributed by atoms with Crippen molar-refractivity contribution in [3.05, 3.63) is 59.1 Å². The van der Waals surface area contributed by atoms with Gasteiger partial charge in [-0.2, -0.15) is 5.10 Å². The maximum absolute atomic E-state index is 12.1. The quantitative estimate of drug-likeness (QED) is 0.793. The largest absolute Gasteiger partial charge is 0.321 e. The molecule has 2 N–H and O–H groups in total. The maximum Gasteiger partial charge on any atom is 0.257 e. The normalized spacial score (nSPS) is 19.4. The fourth-order valence-electron chi connectivity index (χ4n) is 2.83. The number of nitrogens with zero attached hydrogens (tertiary/aromatic N) is 2. The summed E-state index contributed by atoms with van der Waals surface area (Å²) in [5, 5.41) is 9.86. The third kappa shape index (κ3) is 1.98. The fraction of sp³-hybridized carbons (Fsp3) is 0.118. The number of anilines is 1. The number of hydrogen-bond donors (Lipinski definition) is 2. The summed E-state index contributed by atoms with van der Waals surface area (Å²) in [4.78, 5) is 16.6. The van der Waals surface area contributed by atoms with Crippen molar-refractivity contribution in [2.75, 3.05) is 5.32 Å². The zero-order valence-corrected chi connectivity index (χ0v) is 12.1. The first-order valence-corrected chi connectivity index (χ1v) is 7.11. The molecule has 108 valence electrons. The summed E-state index contributed by atoms with van der Waals surface area (Å²) in [6.45, 7) is 2.00. The predicted molar refractivity (Wildman–Crippen MR) is 86.5 cm³/mol. The molecule has 1 aromatic carbocycles. The van der Waals surface area contributed by atoms with Gasteiger partial charge < -0.3 is 5.32 Å². The Morgan fingerprint density at radius 1 is 1.32 bits per heavy atom. The van der Waals surface area contributed by atoms with Gasteiger partial charge in [0.05, 0.1) is 11.8 Å². The molecular formula is C17H14N4O. The van der Waals surface area contributed by atoms with E-state index < -0.39 is 0 Å². The first kappa shape index (κ1) is 12.8. The molecule has 0 radical (unpaired) electrons. The molecule has 5 heteroatoms. The van der Waals surface area contributed by atoms with E-state index in [1.165, 1.54) is 0 Å². The Hall–Kier alpha value is -2.95. The van der Waals surface area contributed by atoms with Gasteiger partial charge in [0.15, 0.2) is 0 Å². The number of H-pyrrole nitrogens is 1. The summed E-state index contributed by atoms with van der Waals surface area (Å²) in [6.07, 6.45) is 8.09. The van der Waals surface area contributed by atoms with Crippen LogP contribution in [0.4, 0.5) is 5.69 Å². The van der Waals surface area contributed by atoms with Crippen LogP contribution in [0, 0.1) is 6.92 Å². The van der Waals surface area contributed by atoms with Gasteiger partial charge in [0, 0.05) is 40.8 Å². The van der Waals surface area contributed by atoms with E-state index >= 15 is 0 Å². The van der Waals surface area contributed by atoms with Crippen molar-refractivity contribution in [1.82, 2.24) is 10.2 Å². The van der Waals surface area contributed by atoms with E-state index in [0.717, 1.165) is 33.8 Å². The number of aliphatic imine (C=N–C) groups is 1. The highest BCUT2D eigenvalue weighted by molar-refractivity contribution is 6.32. The number of aromatic nitrogens is 2. The molecule has 1 aromatic heterocycles. The molecule has 5 nitrogen and oxygen atoms in total. The lowest BCUT2D eigenvalue weighted by Crippen LogP contribution is -2.06. The van der Waals surface area contributed by atoms with Gasteiger partial charge in [-0.25, -0.2) is 0 Å². The Kier molecular flexibility index (Phi) is 2.79. The van der Waals surface area contributed by atoms with Crippen LogP contribution in [0.5, 0.6) is 0 Å². The Morgan fingerprint density at radius 3 is 3.14 bits per heavy atom. The lowest BCUT2D eigenvalue weighted by Gasteiger charge is -2.06. The summed E-state index contributed by atoms with van der Waals surface area (Å²) in [6, 6.07) is 5.84. The molecule has 0 spiro atoms. The molecule has 0 bridgehead atoms. The molecule has 4 rings (SSSR count). The van der Waals surface area contributed by atoms with E-state index in [1.807, 2.05) is 37.3 Å². The summed E-state index contributed by atoms with van der Waals surface area (Å²) in [7, 11) is 0. The van der Waals surface area contributed by atoms with Crippen molar-refractivity contribution in [1.29, 1.82) is 0 Å². The zero-order valence-electron chi connectivity index (χ0n) is 12.1. The minimum atomic E-state index is -0.101. The highest BCUT2D eigenvalue weighted by atomic mass is 16.2. The van der Waals surface area contributed by atoms with Crippen LogP contribution in [0.15, 0.2) is 41.7 Å². The zero-order chi connectivity index (χ0) is 15.1. The van der Waals surface area contributed by atoms with Crippen molar-refractivity contribution in [2.24, 2.45) is 4.99 Å². The number of carbonyl (C=O) groups excluding carboxylic acids is 1. The van der Waals surface area contributed by atoms with Crippen LogP contribution in [0.2, 0.25) is 0 Å². The number of rotatable bonds is 1. The Morgan fingerprint density at radius 2 is 2.23 bits per heavy atom. The van der Waals surface area contributed by atoms with Gasteiger partial charge in [-0.05, 0) is 30.7 Å². The number of hydrogen-bond acceptors (Lipinski definition) is 3. The van der Waals surface area contributed by atoms with Gasteiger partial charge in [-0.1, -0.05) is 12.1 Å². The Labute approximate surface area is 127 Å². The average molecular weight is 290 g/mol. The highest BCUT2D eigenvalue weighted by Gasteiger charge is 2.25. The Bertz CT molecular complexity index is 871. The molecule has 1 amide bonds. The summed E-state index contributed by atoms with van der Waals surface area (Å²) in [5.74, 6) is -0.101. The van der Waals surface area contributed by atoms with Crippen LogP contribution in [-0.2, 0) is 11.2 Å². The van der Waals surface area contributed by atoms with E-state index in [1.54, 1.807) is 12.4 Å². The number of amides is 1. The third-order valence-corrected chi connectivity index (χ3v) is 3.96. The minimum absolute atomic E-state index is 0.101. The molecular weight excluding hydrogens is 276 g/mol.